The molecule has 1 aromatic heterocycles. The monoisotopic (exact) mass is 234 g/mol. The molecular formula is C11H14N4O2. The van der Waals surface area contributed by atoms with Crippen LogP contribution in [0, 0.1) is 5.92 Å². The van der Waals surface area contributed by atoms with Crippen molar-refractivity contribution < 1.29 is 9.59 Å². The van der Waals surface area contributed by atoms with E-state index in [-0.39, 0.29) is 24.3 Å². The van der Waals surface area contributed by atoms with Crippen LogP contribution in [0.25, 0.3) is 0 Å². The summed E-state index contributed by atoms with van der Waals surface area (Å²) in [6.07, 6.45) is 1.88. The number of hydrogen-bond acceptors (Lipinski definition) is 5. The fourth-order valence-electron chi connectivity index (χ4n) is 1.85. The summed E-state index contributed by atoms with van der Waals surface area (Å²) in [6, 6.07) is 3.47. The minimum absolute atomic E-state index is 0.117. The van der Waals surface area contributed by atoms with Crippen LogP contribution in [0.4, 0.5) is 5.82 Å². The Morgan fingerprint density at radius 3 is 2.94 bits per heavy atom. The molecule has 0 bridgehead atoms. The molecule has 1 fully saturated rings. The van der Waals surface area contributed by atoms with Crippen molar-refractivity contribution in [3.05, 3.63) is 23.9 Å². The molecule has 17 heavy (non-hydrogen) atoms. The van der Waals surface area contributed by atoms with E-state index in [4.69, 9.17) is 5.84 Å². The summed E-state index contributed by atoms with van der Waals surface area (Å²) in [6.45, 7) is 2.04. The van der Waals surface area contributed by atoms with Crippen molar-refractivity contribution in [1.82, 2.24) is 9.88 Å². The predicted octanol–water partition coefficient (Wildman–Crippen LogP) is 0.262. The number of hydrogen-bond donors (Lipinski definition) is 2. The summed E-state index contributed by atoms with van der Waals surface area (Å²) in [7, 11) is 0. The van der Waals surface area contributed by atoms with E-state index >= 15 is 0 Å². The van der Waals surface area contributed by atoms with Crippen LogP contribution in [0.3, 0.4) is 0 Å². The number of hydrazine groups is 1. The Balaban J connectivity index is 2.15. The largest absolute Gasteiger partial charge is 0.308 e. The highest BCUT2D eigenvalue weighted by molar-refractivity contribution is 6.03. The van der Waals surface area contributed by atoms with Crippen molar-refractivity contribution in [2.75, 3.05) is 5.43 Å². The molecule has 6 heteroatoms. The van der Waals surface area contributed by atoms with Crippen LogP contribution in [0.2, 0.25) is 0 Å². The van der Waals surface area contributed by atoms with Gasteiger partial charge in [0.2, 0.25) is 11.8 Å². The molecule has 0 radical (unpaired) electrons. The topological polar surface area (TPSA) is 88.3 Å². The molecule has 1 saturated heterocycles. The van der Waals surface area contributed by atoms with Gasteiger partial charge in [0, 0.05) is 18.5 Å². The number of rotatable bonds is 3. The maximum absolute atomic E-state index is 11.7. The first kappa shape index (κ1) is 11.5. The fourth-order valence-corrected chi connectivity index (χ4v) is 1.85. The lowest BCUT2D eigenvalue weighted by Gasteiger charge is -2.14. The normalized spacial score (nSPS) is 19.9. The van der Waals surface area contributed by atoms with E-state index in [9.17, 15) is 9.59 Å². The average Bonchev–Trinajstić information content (AvgIpc) is 2.56. The number of nitrogens with two attached hydrogens (primary N) is 1. The number of anilines is 1. The lowest BCUT2D eigenvalue weighted by molar-refractivity contribution is -0.139. The zero-order valence-corrected chi connectivity index (χ0v) is 9.51. The van der Waals surface area contributed by atoms with Gasteiger partial charge in [0.05, 0.1) is 6.54 Å². The summed E-state index contributed by atoms with van der Waals surface area (Å²) in [5.41, 5.74) is 3.25. The fraction of sp³-hybridized carbons (Fsp3) is 0.364. The van der Waals surface area contributed by atoms with Gasteiger partial charge >= 0.3 is 0 Å². The second kappa shape index (κ2) is 4.50. The van der Waals surface area contributed by atoms with Crippen LogP contribution in [0.15, 0.2) is 18.3 Å². The van der Waals surface area contributed by atoms with E-state index in [1.54, 1.807) is 25.3 Å². The third-order valence-corrected chi connectivity index (χ3v) is 2.78. The van der Waals surface area contributed by atoms with Crippen molar-refractivity contribution >= 4 is 17.6 Å². The maximum atomic E-state index is 11.7. The van der Waals surface area contributed by atoms with Crippen molar-refractivity contribution in [3.63, 3.8) is 0 Å². The number of amides is 2. The molecule has 2 amide bonds. The van der Waals surface area contributed by atoms with Crippen LogP contribution in [0.5, 0.6) is 0 Å². The number of nitrogen functional groups attached to an aromatic ring is 1. The van der Waals surface area contributed by atoms with Gasteiger partial charge in [-0.15, -0.1) is 0 Å². The van der Waals surface area contributed by atoms with Crippen LogP contribution < -0.4 is 11.3 Å². The van der Waals surface area contributed by atoms with Gasteiger partial charge in [-0.25, -0.2) is 10.8 Å². The Morgan fingerprint density at radius 1 is 1.59 bits per heavy atom. The van der Waals surface area contributed by atoms with Gasteiger partial charge in [0.15, 0.2) is 0 Å². The lowest BCUT2D eigenvalue weighted by Crippen LogP contribution is -2.29. The number of likely N-dealkylation sites (tertiary alicyclic amines) is 1. The van der Waals surface area contributed by atoms with Gasteiger partial charge in [-0.1, -0.05) is 6.92 Å². The predicted molar refractivity (Wildman–Crippen MR) is 61.4 cm³/mol. The highest BCUT2D eigenvalue weighted by atomic mass is 16.2. The Hall–Kier alpha value is -1.95. The molecule has 0 saturated carbocycles. The third kappa shape index (κ3) is 2.26. The number of nitrogens with one attached hydrogen (secondary N) is 1. The minimum Gasteiger partial charge on any atom is -0.308 e. The van der Waals surface area contributed by atoms with Crippen molar-refractivity contribution in [2.24, 2.45) is 11.8 Å². The molecule has 1 unspecified atom stereocenters. The Labute approximate surface area is 98.8 Å². The molecule has 0 spiro atoms. The molecular weight excluding hydrogens is 220 g/mol. The molecule has 1 atom stereocenters. The van der Waals surface area contributed by atoms with Gasteiger partial charge in [-0.05, 0) is 17.7 Å². The molecule has 6 nitrogen and oxygen atoms in total. The molecule has 1 aromatic rings. The first-order valence-corrected chi connectivity index (χ1v) is 5.37. The summed E-state index contributed by atoms with van der Waals surface area (Å²) in [5.74, 6) is 5.30. The third-order valence-electron chi connectivity index (χ3n) is 2.78. The van der Waals surface area contributed by atoms with Crippen LogP contribution in [-0.2, 0) is 16.1 Å². The minimum atomic E-state index is -0.212. The molecule has 2 rings (SSSR count). The van der Waals surface area contributed by atoms with Gasteiger partial charge in [0.25, 0.3) is 0 Å². The quantitative estimate of drug-likeness (QED) is 0.445. The van der Waals surface area contributed by atoms with Crippen molar-refractivity contribution in [2.45, 2.75) is 19.9 Å². The second-order valence-electron chi connectivity index (χ2n) is 4.12. The smallest absolute Gasteiger partial charge is 0.232 e. The average molecular weight is 234 g/mol. The summed E-state index contributed by atoms with van der Waals surface area (Å²) in [5, 5.41) is 0. The molecule has 0 aliphatic carbocycles. The summed E-state index contributed by atoms with van der Waals surface area (Å²) < 4.78 is 0. The first-order chi connectivity index (χ1) is 8.11. The second-order valence-corrected chi connectivity index (χ2v) is 4.12. The van der Waals surface area contributed by atoms with Crippen molar-refractivity contribution in [3.8, 4) is 0 Å². The van der Waals surface area contributed by atoms with Crippen LogP contribution in [-0.4, -0.2) is 21.7 Å². The molecule has 2 heterocycles. The SMILES string of the molecule is CC1CC(=O)N(Cc2ccnc(NN)c2)C1=O. The van der Waals surface area contributed by atoms with Crippen LogP contribution >= 0.6 is 0 Å². The lowest BCUT2D eigenvalue weighted by atomic mass is 10.1. The standard InChI is InChI=1S/C11H14N4O2/c1-7-4-10(16)15(11(7)17)6-8-2-3-13-9(5-8)14-12/h2-3,5,7H,4,6,12H2,1H3,(H,13,14). The number of carbonyl (C=O) groups excluding carboxylic acids is 2. The highest BCUT2D eigenvalue weighted by Gasteiger charge is 2.35. The zero-order chi connectivity index (χ0) is 12.4. The number of pyridine rings is 1. The van der Waals surface area contributed by atoms with E-state index < -0.39 is 0 Å². The molecule has 1 aliphatic heterocycles. The first-order valence-electron chi connectivity index (χ1n) is 5.37. The van der Waals surface area contributed by atoms with Gasteiger partial charge in [0.1, 0.15) is 5.82 Å². The van der Waals surface area contributed by atoms with E-state index in [1.807, 2.05) is 0 Å². The molecule has 0 aromatic carbocycles. The zero-order valence-electron chi connectivity index (χ0n) is 9.51. The van der Waals surface area contributed by atoms with Crippen molar-refractivity contribution in [1.29, 1.82) is 0 Å². The van der Waals surface area contributed by atoms with E-state index in [2.05, 4.69) is 10.4 Å². The summed E-state index contributed by atoms with van der Waals surface area (Å²) in [4.78, 5) is 28.6. The van der Waals surface area contributed by atoms with E-state index in [0.29, 0.717) is 12.2 Å². The number of nitrogens with zero attached hydrogens (tertiary/aromatic N) is 2. The van der Waals surface area contributed by atoms with Gasteiger partial charge in [-0.3, -0.25) is 14.5 Å². The highest BCUT2D eigenvalue weighted by Crippen LogP contribution is 2.21. The molecule has 1 aliphatic rings. The van der Waals surface area contributed by atoms with Gasteiger partial charge in [-0.2, -0.15) is 0 Å². The number of aromatic nitrogens is 1. The van der Waals surface area contributed by atoms with Gasteiger partial charge < -0.3 is 5.43 Å². The Kier molecular flexibility index (Phi) is 3.06. The van der Waals surface area contributed by atoms with E-state index in [1.165, 1.54) is 4.90 Å². The number of carbonyl (C=O) groups is 2. The molecule has 90 valence electrons. The number of imide groups is 1. The Morgan fingerprint density at radius 2 is 2.35 bits per heavy atom. The van der Waals surface area contributed by atoms with E-state index in [0.717, 1.165) is 5.56 Å². The summed E-state index contributed by atoms with van der Waals surface area (Å²) >= 11 is 0. The molecule has 3 N–H and O–H groups in total. The Bertz CT molecular complexity index is 461. The van der Waals surface area contributed by atoms with Crippen LogP contribution in [0.1, 0.15) is 18.9 Å². The maximum Gasteiger partial charge on any atom is 0.232 e.